The average molecular weight is 223 g/mol. The number of carbonyl (C=O) groups is 2. The van der Waals surface area contributed by atoms with E-state index in [4.69, 9.17) is 5.11 Å². The minimum Gasteiger partial charge on any atom is -0.480 e. The van der Waals surface area contributed by atoms with Crippen LogP contribution in [0.25, 0.3) is 0 Å². The number of hydrogen-bond acceptors (Lipinski definition) is 3. The first-order chi connectivity index (χ1) is 7.43. The molecule has 1 aliphatic rings. The molecule has 4 heteroatoms. The van der Waals surface area contributed by atoms with Gasteiger partial charge in [-0.25, -0.2) is 0 Å². The number of rotatable bonds is 4. The smallest absolute Gasteiger partial charge is 0.321 e. The van der Waals surface area contributed by atoms with Gasteiger partial charge in [-0.05, 0) is 26.8 Å². The van der Waals surface area contributed by atoms with Gasteiger partial charge in [-0.2, -0.15) is 0 Å². The molecule has 4 nitrogen and oxygen atoms in total. The van der Waals surface area contributed by atoms with Crippen molar-refractivity contribution in [3.63, 3.8) is 0 Å². The van der Waals surface area contributed by atoms with Crippen LogP contribution >= 0.6 is 0 Å². The van der Waals surface area contributed by atoms with Crippen LogP contribution < -0.4 is 5.32 Å². The Balaban J connectivity index is 2.80. The molecule has 2 unspecified atom stereocenters. The largest absolute Gasteiger partial charge is 0.480 e. The predicted octanol–water partition coefficient (Wildman–Crippen LogP) is 1.14. The van der Waals surface area contributed by atoms with E-state index >= 15 is 0 Å². The molecule has 1 saturated heterocycles. The molecule has 88 valence electrons. The van der Waals surface area contributed by atoms with Gasteiger partial charge in [-0.1, -0.05) is 18.2 Å². The molecule has 1 rings (SSSR count). The van der Waals surface area contributed by atoms with Crippen molar-refractivity contribution in [3.05, 3.63) is 23.8 Å². The van der Waals surface area contributed by atoms with Crippen LogP contribution in [0.15, 0.2) is 23.8 Å². The highest BCUT2D eigenvalue weighted by Gasteiger charge is 2.33. The Labute approximate surface area is 95.0 Å². The van der Waals surface area contributed by atoms with Gasteiger partial charge < -0.3 is 10.4 Å². The molecule has 0 aromatic carbocycles. The SMILES string of the molecule is C=C(C=C(C)C1CCNC1C(=O)O)C(C)=O. The first-order valence-electron chi connectivity index (χ1n) is 5.27. The van der Waals surface area contributed by atoms with Crippen molar-refractivity contribution in [1.82, 2.24) is 5.32 Å². The number of carboxylic acids is 1. The molecular weight excluding hydrogens is 206 g/mol. The second-order valence-corrected chi connectivity index (χ2v) is 4.13. The molecule has 1 aliphatic heterocycles. The van der Waals surface area contributed by atoms with Crippen molar-refractivity contribution in [2.75, 3.05) is 6.54 Å². The van der Waals surface area contributed by atoms with Crippen LogP contribution in [0.5, 0.6) is 0 Å². The fourth-order valence-corrected chi connectivity index (χ4v) is 1.94. The van der Waals surface area contributed by atoms with E-state index in [2.05, 4.69) is 11.9 Å². The number of Topliss-reactive ketones (excluding diaryl/α,β-unsaturated/α-hetero) is 1. The van der Waals surface area contributed by atoms with Gasteiger partial charge in [0.2, 0.25) is 0 Å². The highest BCUT2D eigenvalue weighted by atomic mass is 16.4. The minimum absolute atomic E-state index is 0.0476. The van der Waals surface area contributed by atoms with Gasteiger partial charge in [0.15, 0.2) is 5.78 Å². The summed E-state index contributed by atoms with van der Waals surface area (Å²) in [6.07, 6.45) is 2.47. The summed E-state index contributed by atoms with van der Waals surface area (Å²) >= 11 is 0. The molecule has 0 aromatic rings. The number of allylic oxidation sites excluding steroid dienone is 2. The van der Waals surface area contributed by atoms with Gasteiger partial charge in [0.05, 0.1) is 0 Å². The van der Waals surface area contributed by atoms with E-state index in [9.17, 15) is 9.59 Å². The summed E-state index contributed by atoms with van der Waals surface area (Å²) in [6.45, 7) is 7.64. The molecule has 2 atom stereocenters. The average Bonchev–Trinajstić information content (AvgIpc) is 2.65. The molecular formula is C12H17NO3. The van der Waals surface area contributed by atoms with Crippen LogP contribution in [0.3, 0.4) is 0 Å². The summed E-state index contributed by atoms with van der Waals surface area (Å²) < 4.78 is 0. The highest BCUT2D eigenvalue weighted by molar-refractivity contribution is 5.95. The summed E-state index contributed by atoms with van der Waals surface area (Å²) in [5, 5.41) is 11.9. The maximum absolute atomic E-state index is 11.0. The summed E-state index contributed by atoms with van der Waals surface area (Å²) in [5.41, 5.74) is 1.33. The van der Waals surface area contributed by atoms with Crippen molar-refractivity contribution >= 4 is 11.8 Å². The second-order valence-electron chi connectivity index (χ2n) is 4.13. The molecule has 0 saturated carbocycles. The van der Waals surface area contributed by atoms with E-state index in [-0.39, 0.29) is 11.7 Å². The van der Waals surface area contributed by atoms with Crippen molar-refractivity contribution in [2.45, 2.75) is 26.3 Å². The number of ketones is 1. The van der Waals surface area contributed by atoms with Gasteiger partial charge >= 0.3 is 5.97 Å². The predicted molar refractivity (Wildman–Crippen MR) is 61.1 cm³/mol. The van der Waals surface area contributed by atoms with E-state index in [0.717, 1.165) is 12.0 Å². The molecule has 0 spiro atoms. The lowest BCUT2D eigenvalue weighted by Crippen LogP contribution is -2.35. The van der Waals surface area contributed by atoms with Crippen molar-refractivity contribution in [2.24, 2.45) is 5.92 Å². The third-order valence-corrected chi connectivity index (χ3v) is 2.93. The first kappa shape index (κ1) is 12.6. The van der Waals surface area contributed by atoms with E-state index in [1.165, 1.54) is 6.92 Å². The van der Waals surface area contributed by atoms with Crippen LogP contribution in [-0.2, 0) is 9.59 Å². The first-order valence-corrected chi connectivity index (χ1v) is 5.27. The van der Waals surface area contributed by atoms with E-state index < -0.39 is 12.0 Å². The lowest BCUT2D eigenvalue weighted by atomic mass is 9.91. The second kappa shape index (κ2) is 5.07. The van der Waals surface area contributed by atoms with Gasteiger partial charge in [-0.15, -0.1) is 0 Å². The van der Waals surface area contributed by atoms with Crippen LogP contribution in [0.1, 0.15) is 20.3 Å². The fourth-order valence-electron chi connectivity index (χ4n) is 1.94. The number of carboxylic acid groups (broad SMARTS) is 1. The lowest BCUT2D eigenvalue weighted by molar-refractivity contribution is -0.139. The summed E-state index contributed by atoms with van der Waals surface area (Å²) in [6, 6.07) is -0.545. The highest BCUT2D eigenvalue weighted by Crippen LogP contribution is 2.24. The number of aliphatic carboxylic acids is 1. The quantitative estimate of drug-likeness (QED) is 0.554. The Bertz CT molecular complexity index is 357. The van der Waals surface area contributed by atoms with Crippen molar-refractivity contribution in [1.29, 1.82) is 0 Å². The number of hydrogen-bond donors (Lipinski definition) is 2. The third kappa shape index (κ3) is 2.79. The standard InChI is InChI=1S/C12H17NO3/c1-7(9(3)14)6-8(2)10-4-5-13-11(10)12(15)16/h6,10-11,13H,1,4-5H2,2-3H3,(H,15,16). The fraction of sp³-hybridized carbons (Fsp3) is 0.500. The van der Waals surface area contributed by atoms with Gasteiger partial charge in [0.25, 0.3) is 0 Å². The van der Waals surface area contributed by atoms with Crippen molar-refractivity contribution < 1.29 is 14.7 Å². The molecule has 1 heterocycles. The normalized spacial score (nSPS) is 25.5. The Morgan fingerprint density at radius 2 is 2.06 bits per heavy atom. The minimum atomic E-state index is -0.844. The molecule has 0 radical (unpaired) electrons. The topological polar surface area (TPSA) is 66.4 Å². The maximum atomic E-state index is 11.0. The van der Waals surface area contributed by atoms with Crippen molar-refractivity contribution in [3.8, 4) is 0 Å². The lowest BCUT2D eigenvalue weighted by Gasteiger charge is -2.16. The van der Waals surface area contributed by atoms with Crippen LogP contribution in [0.2, 0.25) is 0 Å². The Kier molecular flexibility index (Phi) is 4.01. The molecule has 0 aliphatic carbocycles. The van der Waals surface area contributed by atoms with E-state index in [1.807, 2.05) is 6.92 Å². The van der Waals surface area contributed by atoms with E-state index in [0.29, 0.717) is 12.1 Å². The zero-order valence-corrected chi connectivity index (χ0v) is 9.62. The summed E-state index contributed by atoms with van der Waals surface area (Å²) in [5.74, 6) is -0.977. The molecule has 0 bridgehead atoms. The Morgan fingerprint density at radius 1 is 1.44 bits per heavy atom. The van der Waals surface area contributed by atoms with E-state index in [1.54, 1.807) is 6.08 Å². The zero-order chi connectivity index (χ0) is 12.3. The molecule has 0 aromatic heterocycles. The Hall–Kier alpha value is -1.42. The van der Waals surface area contributed by atoms with Gasteiger partial charge in [-0.3, -0.25) is 9.59 Å². The maximum Gasteiger partial charge on any atom is 0.321 e. The van der Waals surface area contributed by atoms with Crippen LogP contribution in [0.4, 0.5) is 0 Å². The molecule has 1 fully saturated rings. The zero-order valence-electron chi connectivity index (χ0n) is 9.62. The number of carbonyl (C=O) groups excluding carboxylic acids is 1. The summed E-state index contributed by atoms with van der Waals surface area (Å²) in [4.78, 5) is 22.0. The van der Waals surface area contributed by atoms with Crippen LogP contribution in [-0.4, -0.2) is 29.4 Å². The summed E-state index contributed by atoms with van der Waals surface area (Å²) in [7, 11) is 0. The molecule has 0 amide bonds. The third-order valence-electron chi connectivity index (χ3n) is 2.93. The number of nitrogens with one attached hydrogen (secondary N) is 1. The monoisotopic (exact) mass is 223 g/mol. The van der Waals surface area contributed by atoms with Gasteiger partial charge in [0, 0.05) is 11.5 Å². The van der Waals surface area contributed by atoms with Gasteiger partial charge in [0.1, 0.15) is 6.04 Å². The Morgan fingerprint density at radius 3 is 2.56 bits per heavy atom. The molecule has 2 N–H and O–H groups in total. The molecule has 16 heavy (non-hydrogen) atoms. The van der Waals surface area contributed by atoms with Crippen LogP contribution in [0, 0.1) is 5.92 Å².